The summed E-state index contributed by atoms with van der Waals surface area (Å²) in [7, 11) is 0. The second-order valence-electron chi connectivity index (χ2n) is 4.42. The van der Waals surface area contributed by atoms with Crippen molar-refractivity contribution < 1.29 is 4.39 Å². The average Bonchev–Trinajstić information content (AvgIpc) is 3.05. The van der Waals surface area contributed by atoms with Crippen molar-refractivity contribution >= 4 is 22.9 Å². The number of aromatic nitrogens is 1. The second kappa shape index (κ2) is 4.96. The summed E-state index contributed by atoms with van der Waals surface area (Å²) < 4.78 is 13.7. The molecule has 1 saturated carbocycles. The largest absolute Gasteiger partial charge is 0.308 e. The summed E-state index contributed by atoms with van der Waals surface area (Å²) in [5.41, 5.74) is 1.48. The van der Waals surface area contributed by atoms with Crippen molar-refractivity contribution in [2.45, 2.75) is 25.4 Å². The molecule has 0 amide bonds. The third-order valence-corrected chi connectivity index (χ3v) is 4.02. The SMILES string of the molecule is Fc1cc(Cl)ccc1-c1nc(CNC2CC2)cs1. The van der Waals surface area contributed by atoms with Crippen LogP contribution in [0.25, 0.3) is 10.6 Å². The summed E-state index contributed by atoms with van der Waals surface area (Å²) in [6.07, 6.45) is 2.51. The zero-order valence-corrected chi connectivity index (χ0v) is 11.2. The first kappa shape index (κ1) is 12.1. The lowest BCUT2D eigenvalue weighted by Gasteiger charge is -2.00. The van der Waals surface area contributed by atoms with Crippen LogP contribution in [0.5, 0.6) is 0 Å². The van der Waals surface area contributed by atoms with E-state index in [9.17, 15) is 4.39 Å². The number of hydrogen-bond donors (Lipinski definition) is 1. The molecule has 0 unspecified atom stereocenters. The zero-order chi connectivity index (χ0) is 12.5. The molecule has 1 aromatic heterocycles. The number of thiazole rings is 1. The van der Waals surface area contributed by atoms with E-state index >= 15 is 0 Å². The van der Waals surface area contributed by atoms with Crippen LogP contribution < -0.4 is 5.32 Å². The van der Waals surface area contributed by atoms with Gasteiger partial charge in [0.2, 0.25) is 0 Å². The highest BCUT2D eigenvalue weighted by Crippen LogP contribution is 2.28. The molecule has 0 spiro atoms. The molecule has 1 aliphatic rings. The van der Waals surface area contributed by atoms with Gasteiger partial charge in [0.25, 0.3) is 0 Å². The van der Waals surface area contributed by atoms with Crippen molar-refractivity contribution in [2.75, 3.05) is 0 Å². The Balaban J connectivity index is 1.78. The van der Waals surface area contributed by atoms with Crippen LogP contribution in [-0.4, -0.2) is 11.0 Å². The summed E-state index contributed by atoms with van der Waals surface area (Å²) in [6, 6.07) is 5.33. The van der Waals surface area contributed by atoms with Gasteiger partial charge in [-0.25, -0.2) is 9.37 Å². The van der Waals surface area contributed by atoms with Gasteiger partial charge in [0, 0.05) is 28.6 Å². The van der Waals surface area contributed by atoms with Crippen LogP contribution in [0, 0.1) is 5.82 Å². The van der Waals surface area contributed by atoms with E-state index in [0.717, 1.165) is 12.2 Å². The minimum absolute atomic E-state index is 0.321. The monoisotopic (exact) mass is 282 g/mol. The minimum atomic E-state index is -0.321. The summed E-state index contributed by atoms with van der Waals surface area (Å²) in [6.45, 7) is 0.760. The number of halogens is 2. The van der Waals surface area contributed by atoms with Gasteiger partial charge in [-0.3, -0.25) is 0 Å². The third-order valence-electron chi connectivity index (χ3n) is 2.86. The van der Waals surface area contributed by atoms with E-state index in [1.165, 1.54) is 30.2 Å². The van der Waals surface area contributed by atoms with E-state index in [1.807, 2.05) is 5.38 Å². The highest BCUT2D eigenvalue weighted by atomic mass is 35.5. The van der Waals surface area contributed by atoms with Crippen molar-refractivity contribution in [3.63, 3.8) is 0 Å². The van der Waals surface area contributed by atoms with Gasteiger partial charge in [-0.15, -0.1) is 11.3 Å². The smallest absolute Gasteiger partial charge is 0.134 e. The molecule has 0 radical (unpaired) electrons. The molecule has 0 saturated heterocycles. The lowest BCUT2D eigenvalue weighted by Crippen LogP contribution is -2.15. The van der Waals surface area contributed by atoms with Crippen LogP contribution in [-0.2, 0) is 6.54 Å². The molecule has 1 aliphatic carbocycles. The Labute approximate surface area is 114 Å². The van der Waals surface area contributed by atoms with Gasteiger partial charge in [0.15, 0.2) is 0 Å². The minimum Gasteiger partial charge on any atom is -0.308 e. The second-order valence-corrected chi connectivity index (χ2v) is 5.72. The normalized spacial score (nSPS) is 15.0. The molecule has 94 valence electrons. The van der Waals surface area contributed by atoms with Crippen LogP contribution in [0.4, 0.5) is 4.39 Å². The van der Waals surface area contributed by atoms with Gasteiger partial charge >= 0.3 is 0 Å². The van der Waals surface area contributed by atoms with E-state index in [2.05, 4.69) is 10.3 Å². The first-order chi connectivity index (χ1) is 8.72. The molecule has 2 aromatic rings. The standard InChI is InChI=1S/C13H12ClFN2S/c14-8-1-4-11(12(15)5-8)13-17-10(7-18-13)6-16-9-2-3-9/h1,4-5,7,9,16H,2-3,6H2. The number of benzene rings is 1. The number of nitrogens with one attached hydrogen (secondary N) is 1. The van der Waals surface area contributed by atoms with Gasteiger partial charge in [0.1, 0.15) is 10.8 Å². The average molecular weight is 283 g/mol. The molecule has 1 N–H and O–H groups in total. The summed E-state index contributed by atoms with van der Waals surface area (Å²) in [5, 5.41) is 6.47. The quantitative estimate of drug-likeness (QED) is 0.921. The van der Waals surface area contributed by atoms with Crippen molar-refractivity contribution in [2.24, 2.45) is 0 Å². The fraction of sp³-hybridized carbons (Fsp3) is 0.308. The predicted octanol–water partition coefficient (Wildman–Crippen LogP) is 3.85. The predicted molar refractivity (Wildman–Crippen MR) is 72.4 cm³/mol. The molecule has 1 fully saturated rings. The Morgan fingerprint density at radius 2 is 2.28 bits per heavy atom. The molecule has 0 atom stereocenters. The van der Waals surface area contributed by atoms with Gasteiger partial charge < -0.3 is 5.32 Å². The molecular formula is C13H12ClFN2S. The molecule has 1 aromatic carbocycles. The van der Waals surface area contributed by atoms with Crippen molar-refractivity contribution in [1.82, 2.24) is 10.3 Å². The van der Waals surface area contributed by atoms with Crippen LogP contribution in [0.3, 0.4) is 0 Å². The van der Waals surface area contributed by atoms with E-state index < -0.39 is 0 Å². The molecule has 0 aliphatic heterocycles. The van der Waals surface area contributed by atoms with Crippen molar-refractivity contribution in [1.29, 1.82) is 0 Å². The lowest BCUT2D eigenvalue weighted by molar-refractivity contribution is 0.631. The maximum atomic E-state index is 13.7. The Morgan fingerprint density at radius 1 is 1.44 bits per heavy atom. The van der Waals surface area contributed by atoms with E-state index in [-0.39, 0.29) is 5.82 Å². The maximum Gasteiger partial charge on any atom is 0.134 e. The van der Waals surface area contributed by atoms with Gasteiger partial charge in [0.05, 0.1) is 5.69 Å². The zero-order valence-electron chi connectivity index (χ0n) is 9.62. The lowest BCUT2D eigenvalue weighted by atomic mass is 10.2. The molecule has 2 nitrogen and oxygen atoms in total. The van der Waals surface area contributed by atoms with Crippen molar-refractivity contribution in [3.05, 3.63) is 40.1 Å². The van der Waals surface area contributed by atoms with Crippen LogP contribution in [0.2, 0.25) is 5.02 Å². The number of hydrogen-bond acceptors (Lipinski definition) is 3. The van der Waals surface area contributed by atoms with Crippen molar-refractivity contribution in [3.8, 4) is 10.6 Å². The van der Waals surface area contributed by atoms with Crippen LogP contribution in [0.1, 0.15) is 18.5 Å². The molecule has 18 heavy (non-hydrogen) atoms. The third kappa shape index (κ3) is 2.71. The Kier molecular flexibility index (Phi) is 3.33. The Morgan fingerprint density at radius 3 is 3.00 bits per heavy atom. The first-order valence-corrected chi connectivity index (χ1v) is 7.11. The number of rotatable bonds is 4. The number of nitrogens with zero attached hydrogens (tertiary/aromatic N) is 1. The Bertz CT molecular complexity index is 566. The highest BCUT2D eigenvalue weighted by Gasteiger charge is 2.20. The first-order valence-electron chi connectivity index (χ1n) is 5.85. The molecule has 1 heterocycles. The van der Waals surface area contributed by atoms with Crippen LogP contribution in [0.15, 0.2) is 23.6 Å². The summed E-state index contributed by atoms with van der Waals surface area (Å²) in [4.78, 5) is 4.44. The highest BCUT2D eigenvalue weighted by molar-refractivity contribution is 7.13. The Hall–Kier alpha value is -0.970. The molecule has 3 rings (SSSR count). The summed E-state index contributed by atoms with van der Waals surface area (Å²) in [5.74, 6) is -0.321. The maximum absolute atomic E-state index is 13.7. The van der Waals surface area contributed by atoms with Gasteiger partial charge in [-0.2, -0.15) is 0 Å². The summed E-state index contributed by atoms with van der Waals surface area (Å²) >= 11 is 7.19. The fourth-order valence-electron chi connectivity index (χ4n) is 1.71. The fourth-order valence-corrected chi connectivity index (χ4v) is 2.72. The van der Waals surface area contributed by atoms with Crippen LogP contribution >= 0.6 is 22.9 Å². The van der Waals surface area contributed by atoms with Gasteiger partial charge in [-0.1, -0.05) is 11.6 Å². The van der Waals surface area contributed by atoms with E-state index in [1.54, 1.807) is 12.1 Å². The van der Waals surface area contributed by atoms with E-state index in [0.29, 0.717) is 21.6 Å². The molecular weight excluding hydrogens is 271 g/mol. The van der Waals surface area contributed by atoms with E-state index in [4.69, 9.17) is 11.6 Å². The molecule has 0 bridgehead atoms. The van der Waals surface area contributed by atoms with Gasteiger partial charge in [-0.05, 0) is 31.0 Å². The topological polar surface area (TPSA) is 24.9 Å². The molecule has 5 heteroatoms.